The molecule has 0 spiro atoms. The van der Waals surface area contributed by atoms with Crippen LogP contribution in [0.4, 0.5) is 5.69 Å². The second-order valence-electron chi connectivity index (χ2n) is 8.19. The van der Waals surface area contributed by atoms with Gasteiger partial charge in [-0.25, -0.2) is 9.37 Å². The van der Waals surface area contributed by atoms with Gasteiger partial charge in [-0.1, -0.05) is 23.2 Å². The maximum atomic E-state index is 12.3. The van der Waals surface area contributed by atoms with E-state index in [0.29, 0.717) is 27.9 Å². The molecule has 0 aromatic heterocycles. The summed E-state index contributed by atoms with van der Waals surface area (Å²) in [5, 5.41) is 22.6. The second-order valence-corrected chi connectivity index (χ2v) is 8.97. The number of carbonyl (C=O) groups excluding carboxylic acids is 1. The predicted octanol–water partition coefficient (Wildman–Crippen LogP) is 3.67. The quantitative estimate of drug-likeness (QED) is 0.340. The molecule has 0 atom stereocenters. The zero-order valence-electron chi connectivity index (χ0n) is 18.8. The number of anilines is 1. The molecule has 0 radical (unpaired) electrons. The molecule has 1 aliphatic heterocycles. The van der Waals surface area contributed by atoms with Crippen molar-refractivity contribution in [3.8, 4) is 22.5 Å². The second kappa shape index (κ2) is 8.66. The molecule has 2 aliphatic rings. The smallest absolute Gasteiger partial charge is 0.337 e. The van der Waals surface area contributed by atoms with Crippen molar-refractivity contribution in [1.29, 1.82) is 0 Å². The molecule has 34 heavy (non-hydrogen) atoms. The molecule has 0 saturated heterocycles. The maximum Gasteiger partial charge on any atom is 0.337 e. The van der Waals surface area contributed by atoms with Crippen molar-refractivity contribution in [2.75, 3.05) is 33.1 Å². The third-order valence-electron chi connectivity index (χ3n) is 5.62. The van der Waals surface area contributed by atoms with E-state index in [1.54, 1.807) is 12.1 Å². The van der Waals surface area contributed by atoms with Crippen LogP contribution in [0.25, 0.3) is 33.4 Å². The number of carbonyl (C=O) groups is 2. The number of nitrogens with zero attached hydrogens (tertiary/aromatic N) is 2. The lowest BCUT2D eigenvalue weighted by Gasteiger charge is -2.21. The molecule has 0 bridgehead atoms. The van der Waals surface area contributed by atoms with Gasteiger partial charge in [-0.3, -0.25) is 0 Å². The Labute approximate surface area is 205 Å². The topological polar surface area (TPSA) is 96.8 Å². The van der Waals surface area contributed by atoms with Crippen LogP contribution in [0.2, 0.25) is 10.0 Å². The van der Waals surface area contributed by atoms with Gasteiger partial charge in [-0.15, -0.1) is 0 Å². The van der Waals surface area contributed by atoms with E-state index >= 15 is 0 Å². The minimum Gasteiger partial charge on any atom is -0.545 e. The van der Waals surface area contributed by atoms with Gasteiger partial charge in [0, 0.05) is 59.6 Å². The normalized spacial score (nSPS) is 11.1. The summed E-state index contributed by atoms with van der Waals surface area (Å²) in [6.45, 7) is 0. The van der Waals surface area contributed by atoms with E-state index in [1.807, 2.05) is 61.9 Å². The summed E-state index contributed by atoms with van der Waals surface area (Å²) in [5.74, 6) is -2.44. The lowest BCUT2D eigenvalue weighted by Crippen LogP contribution is -2.23. The van der Waals surface area contributed by atoms with Crippen LogP contribution in [0.3, 0.4) is 0 Å². The van der Waals surface area contributed by atoms with E-state index in [9.17, 15) is 19.8 Å². The van der Waals surface area contributed by atoms with Crippen LogP contribution in [0.5, 0.6) is 0 Å². The molecular weight excluding hydrogens is 479 g/mol. The first kappa shape index (κ1) is 23.6. The van der Waals surface area contributed by atoms with Crippen LogP contribution in [0.15, 0.2) is 46.9 Å². The monoisotopic (exact) mass is 498 g/mol. The molecule has 0 fully saturated rings. The minimum atomic E-state index is -1.57. The van der Waals surface area contributed by atoms with Gasteiger partial charge in [0.1, 0.15) is 25.4 Å². The molecule has 2 aromatic carbocycles. The van der Waals surface area contributed by atoms with E-state index in [-0.39, 0.29) is 21.2 Å². The zero-order chi connectivity index (χ0) is 24.9. The Bertz CT molecular complexity index is 1530. The zero-order valence-corrected chi connectivity index (χ0v) is 20.3. The van der Waals surface area contributed by atoms with Gasteiger partial charge in [0.25, 0.3) is 0 Å². The predicted molar refractivity (Wildman–Crippen MR) is 131 cm³/mol. The van der Waals surface area contributed by atoms with E-state index < -0.39 is 17.5 Å². The summed E-state index contributed by atoms with van der Waals surface area (Å²) in [5.41, 5.74) is 1.55. The van der Waals surface area contributed by atoms with Crippen LogP contribution in [0, 0.1) is 0 Å². The van der Waals surface area contributed by atoms with Crippen LogP contribution >= 0.6 is 23.2 Å². The first-order valence-corrected chi connectivity index (χ1v) is 10.9. The van der Waals surface area contributed by atoms with Gasteiger partial charge in [-0.2, -0.15) is 0 Å². The Morgan fingerprint density at radius 2 is 1.74 bits per heavy atom. The highest BCUT2D eigenvalue weighted by molar-refractivity contribution is 6.41. The van der Waals surface area contributed by atoms with Crippen molar-refractivity contribution in [2.45, 2.75) is 0 Å². The lowest BCUT2D eigenvalue weighted by molar-refractivity contribution is -0.255. The third-order valence-corrected chi connectivity index (χ3v) is 6.31. The van der Waals surface area contributed by atoms with Crippen molar-refractivity contribution < 1.29 is 24.2 Å². The number of rotatable bonds is 4. The van der Waals surface area contributed by atoms with E-state index in [2.05, 4.69) is 0 Å². The summed E-state index contributed by atoms with van der Waals surface area (Å²) in [7, 11) is 7.54. The summed E-state index contributed by atoms with van der Waals surface area (Å²) in [6, 6.07) is 11.9. The van der Waals surface area contributed by atoms with Crippen molar-refractivity contribution in [1.82, 2.24) is 4.58 Å². The summed E-state index contributed by atoms with van der Waals surface area (Å²) in [4.78, 5) is 25.9. The molecular formula is C25H20Cl2N2O5. The van der Waals surface area contributed by atoms with Gasteiger partial charge in [0.2, 0.25) is 5.36 Å². The van der Waals surface area contributed by atoms with Crippen molar-refractivity contribution >= 4 is 51.8 Å². The molecule has 7 nitrogen and oxygen atoms in total. The highest BCUT2D eigenvalue weighted by Gasteiger charge is 2.28. The standard InChI is InChI=1S/C25H20Cl2N2O5/c1-28(2)12-5-7-14-18(9-12)34-19-10-13(29(3)4)6-8-15(19)20(14)22-21(25(32)33)17(26)11-16(23(22)27)24(30)31/h5-11H,1-4H3,(H-,30,31,32,33). The molecule has 1 aliphatic carbocycles. The van der Waals surface area contributed by atoms with Gasteiger partial charge in [0.05, 0.1) is 27.6 Å². The average molecular weight is 499 g/mol. The summed E-state index contributed by atoms with van der Waals surface area (Å²) in [6.07, 6.45) is 0. The fraction of sp³-hybridized carbons (Fsp3) is 0.160. The molecule has 0 saturated carbocycles. The van der Waals surface area contributed by atoms with Crippen LogP contribution in [-0.2, 0) is 0 Å². The number of benzene rings is 3. The Kier molecular flexibility index (Phi) is 6.02. The summed E-state index contributed by atoms with van der Waals surface area (Å²) < 4.78 is 8.13. The maximum absolute atomic E-state index is 12.3. The van der Waals surface area contributed by atoms with Crippen molar-refractivity contribution in [2.24, 2.45) is 0 Å². The van der Waals surface area contributed by atoms with E-state index in [1.165, 1.54) is 0 Å². The fourth-order valence-electron chi connectivity index (χ4n) is 3.91. The van der Waals surface area contributed by atoms with Gasteiger partial charge >= 0.3 is 5.97 Å². The number of hydrogen-bond donors (Lipinski definition) is 1. The van der Waals surface area contributed by atoms with Gasteiger partial charge in [0.15, 0.2) is 0 Å². The molecule has 1 heterocycles. The molecule has 9 heteroatoms. The minimum absolute atomic E-state index is 0.0122. The first-order chi connectivity index (χ1) is 16.0. The Morgan fingerprint density at radius 1 is 1.03 bits per heavy atom. The lowest BCUT2D eigenvalue weighted by atomic mass is 9.89. The Hall–Kier alpha value is -3.55. The molecule has 2 aromatic rings. The highest BCUT2D eigenvalue weighted by Crippen LogP contribution is 2.47. The fourth-order valence-corrected chi connectivity index (χ4v) is 4.52. The Morgan fingerprint density at radius 3 is 2.32 bits per heavy atom. The highest BCUT2D eigenvalue weighted by atomic mass is 35.5. The van der Waals surface area contributed by atoms with Crippen LogP contribution in [0.1, 0.15) is 20.7 Å². The van der Waals surface area contributed by atoms with Gasteiger partial charge < -0.3 is 24.3 Å². The molecule has 174 valence electrons. The molecule has 1 N–H and O–H groups in total. The number of carboxylic acid groups (broad SMARTS) is 2. The Balaban J connectivity index is 2.29. The van der Waals surface area contributed by atoms with E-state index in [4.69, 9.17) is 27.6 Å². The van der Waals surface area contributed by atoms with Gasteiger partial charge in [-0.05, 0) is 24.3 Å². The number of halogens is 2. The number of fused-ring (bicyclic) bond motifs is 2. The first-order valence-electron chi connectivity index (χ1n) is 10.2. The summed E-state index contributed by atoms with van der Waals surface area (Å²) >= 11 is 12.8. The molecule has 0 unspecified atom stereocenters. The molecule has 0 amide bonds. The number of aromatic carboxylic acids is 2. The van der Waals surface area contributed by atoms with E-state index in [0.717, 1.165) is 17.1 Å². The van der Waals surface area contributed by atoms with Crippen LogP contribution in [-0.4, -0.2) is 45.2 Å². The largest absolute Gasteiger partial charge is 0.545 e. The van der Waals surface area contributed by atoms with Crippen molar-refractivity contribution in [3.05, 3.63) is 69.0 Å². The average Bonchev–Trinajstić information content (AvgIpc) is 2.77. The number of carboxylic acids is 2. The van der Waals surface area contributed by atoms with Crippen LogP contribution < -0.4 is 19.9 Å². The number of hydrogen-bond acceptors (Lipinski definition) is 5. The third kappa shape index (κ3) is 3.87. The molecule has 4 rings (SSSR count). The van der Waals surface area contributed by atoms with Crippen molar-refractivity contribution in [3.63, 3.8) is 0 Å². The SMILES string of the molecule is CN(C)c1ccc2c(-c3c(Cl)c(C(=O)[O-])cc(Cl)c3C(=O)O)c3ccc(=[N+](C)C)cc-3oc2c1.